The van der Waals surface area contributed by atoms with Crippen molar-refractivity contribution in [3.63, 3.8) is 0 Å². The van der Waals surface area contributed by atoms with Gasteiger partial charge < -0.3 is 5.73 Å². The molecule has 0 saturated carbocycles. The molecule has 0 aliphatic rings. The Morgan fingerprint density at radius 2 is 2.14 bits per heavy atom. The molecule has 2 aromatic rings. The third kappa shape index (κ3) is 1.90. The third-order valence-corrected chi connectivity index (χ3v) is 2.62. The predicted molar refractivity (Wildman–Crippen MR) is 55.7 cm³/mol. The van der Waals surface area contributed by atoms with Crippen molar-refractivity contribution in [2.75, 3.05) is 5.73 Å². The fourth-order valence-corrected chi connectivity index (χ4v) is 1.80. The van der Waals surface area contributed by atoms with E-state index in [1.807, 2.05) is 11.4 Å². The highest BCUT2D eigenvalue weighted by Gasteiger charge is 2.04. The van der Waals surface area contributed by atoms with Gasteiger partial charge in [-0.2, -0.15) is 0 Å². The molecule has 0 unspecified atom stereocenters. The fourth-order valence-electron chi connectivity index (χ4n) is 1.24. The van der Waals surface area contributed by atoms with Crippen LogP contribution in [0.1, 0.15) is 11.3 Å². The first kappa shape index (κ1) is 9.15. The summed E-state index contributed by atoms with van der Waals surface area (Å²) < 4.78 is 13.2. The second-order valence-corrected chi connectivity index (χ2v) is 3.83. The number of nitrogens with zero attached hydrogens (tertiary/aromatic N) is 1. The number of rotatable bonds is 2. The lowest BCUT2D eigenvalue weighted by atomic mass is 10.1. The number of halogens is 1. The molecule has 0 radical (unpaired) electrons. The van der Waals surface area contributed by atoms with Crippen LogP contribution in [0.2, 0.25) is 0 Å². The maximum atomic E-state index is 13.2. The average molecular weight is 208 g/mol. The van der Waals surface area contributed by atoms with Crippen molar-refractivity contribution in [3.05, 3.63) is 46.7 Å². The van der Waals surface area contributed by atoms with Gasteiger partial charge in [0.05, 0.1) is 5.69 Å². The summed E-state index contributed by atoms with van der Waals surface area (Å²) in [5.74, 6) is -0.195. The summed E-state index contributed by atoms with van der Waals surface area (Å²) in [5.41, 5.74) is 6.95. The number of anilines is 1. The number of hydrogen-bond donors (Lipinski definition) is 1. The van der Waals surface area contributed by atoms with E-state index >= 15 is 0 Å². The van der Waals surface area contributed by atoms with E-state index < -0.39 is 0 Å². The van der Waals surface area contributed by atoms with Gasteiger partial charge in [-0.1, -0.05) is 18.2 Å². The highest BCUT2D eigenvalue weighted by Crippen LogP contribution is 2.16. The summed E-state index contributed by atoms with van der Waals surface area (Å²) in [6.45, 7) is 0. The van der Waals surface area contributed by atoms with Gasteiger partial charge in [-0.05, 0) is 11.6 Å². The molecule has 72 valence electrons. The van der Waals surface area contributed by atoms with Crippen LogP contribution in [0, 0.1) is 5.82 Å². The fraction of sp³-hybridized carbons (Fsp3) is 0.100. The molecule has 0 spiro atoms. The summed E-state index contributed by atoms with van der Waals surface area (Å²) in [6, 6.07) is 6.69. The summed E-state index contributed by atoms with van der Waals surface area (Å²) >= 11 is 1.37. The van der Waals surface area contributed by atoms with Crippen molar-refractivity contribution in [2.24, 2.45) is 0 Å². The maximum absolute atomic E-state index is 13.2. The topological polar surface area (TPSA) is 38.9 Å². The van der Waals surface area contributed by atoms with Gasteiger partial charge in [-0.25, -0.2) is 9.37 Å². The number of benzene rings is 1. The maximum Gasteiger partial charge on any atom is 0.180 e. The summed E-state index contributed by atoms with van der Waals surface area (Å²) in [6.07, 6.45) is 0.500. The molecule has 0 atom stereocenters. The smallest absolute Gasteiger partial charge is 0.180 e. The van der Waals surface area contributed by atoms with Gasteiger partial charge >= 0.3 is 0 Å². The third-order valence-electron chi connectivity index (χ3n) is 1.90. The number of thiazole rings is 1. The van der Waals surface area contributed by atoms with Crippen LogP contribution in [0.3, 0.4) is 0 Å². The van der Waals surface area contributed by atoms with E-state index in [0.717, 1.165) is 5.69 Å². The molecule has 0 aliphatic carbocycles. The highest BCUT2D eigenvalue weighted by molar-refractivity contribution is 7.13. The Bertz CT molecular complexity index is 439. The zero-order chi connectivity index (χ0) is 9.97. The quantitative estimate of drug-likeness (QED) is 0.823. The van der Waals surface area contributed by atoms with Crippen molar-refractivity contribution in [2.45, 2.75) is 6.42 Å². The molecule has 0 fully saturated rings. The van der Waals surface area contributed by atoms with Crippen molar-refractivity contribution >= 4 is 16.5 Å². The first-order chi connectivity index (χ1) is 6.75. The molecule has 4 heteroatoms. The molecule has 0 saturated heterocycles. The highest BCUT2D eigenvalue weighted by atomic mass is 32.1. The SMILES string of the molecule is Nc1nc(Cc2ccccc2F)cs1. The van der Waals surface area contributed by atoms with Gasteiger partial charge in [0.2, 0.25) is 0 Å². The number of nitrogens with two attached hydrogens (primary N) is 1. The normalized spacial score (nSPS) is 10.4. The van der Waals surface area contributed by atoms with E-state index in [1.54, 1.807) is 12.1 Å². The summed E-state index contributed by atoms with van der Waals surface area (Å²) in [5, 5.41) is 2.37. The van der Waals surface area contributed by atoms with E-state index in [1.165, 1.54) is 17.4 Å². The minimum Gasteiger partial charge on any atom is -0.375 e. The summed E-state index contributed by atoms with van der Waals surface area (Å²) in [7, 11) is 0. The average Bonchev–Trinajstić information content (AvgIpc) is 2.56. The predicted octanol–water partition coefficient (Wildman–Crippen LogP) is 2.46. The monoisotopic (exact) mass is 208 g/mol. The van der Waals surface area contributed by atoms with E-state index in [0.29, 0.717) is 17.1 Å². The van der Waals surface area contributed by atoms with Crippen LogP contribution in [0.5, 0.6) is 0 Å². The molecule has 0 bridgehead atoms. The second kappa shape index (κ2) is 3.75. The van der Waals surface area contributed by atoms with Crippen LogP contribution in [0.4, 0.5) is 9.52 Å². The molecule has 0 amide bonds. The molecule has 1 heterocycles. The minimum absolute atomic E-state index is 0.195. The zero-order valence-corrected chi connectivity index (χ0v) is 8.22. The van der Waals surface area contributed by atoms with Crippen LogP contribution < -0.4 is 5.73 Å². The van der Waals surface area contributed by atoms with Crippen LogP contribution in [0.25, 0.3) is 0 Å². The number of hydrogen-bond acceptors (Lipinski definition) is 3. The van der Waals surface area contributed by atoms with Crippen LogP contribution in [0.15, 0.2) is 29.6 Å². The Balaban J connectivity index is 2.23. The van der Waals surface area contributed by atoms with Crippen molar-refractivity contribution < 1.29 is 4.39 Å². The van der Waals surface area contributed by atoms with E-state index in [-0.39, 0.29) is 5.82 Å². The summed E-state index contributed by atoms with van der Waals surface area (Å²) in [4.78, 5) is 4.08. The largest absolute Gasteiger partial charge is 0.375 e. The number of aromatic nitrogens is 1. The molecule has 2 N–H and O–H groups in total. The van der Waals surface area contributed by atoms with Crippen molar-refractivity contribution in [1.29, 1.82) is 0 Å². The minimum atomic E-state index is -0.195. The lowest BCUT2D eigenvalue weighted by Crippen LogP contribution is -1.93. The lowest BCUT2D eigenvalue weighted by Gasteiger charge is -1.98. The zero-order valence-electron chi connectivity index (χ0n) is 7.40. The van der Waals surface area contributed by atoms with Crippen molar-refractivity contribution in [3.8, 4) is 0 Å². The van der Waals surface area contributed by atoms with Gasteiger partial charge in [0, 0.05) is 11.8 Å². The Morgan fingerprint density at radius 3 is 2.79 bits per heavy atom. The van der Waals surface area contributed by atoms with Gasteiger partial charge in [0.15, 0.2) is 5.13 Å². The van der Waals surface area contributed by atoms with Gasteiger partial charge in [-0.15, -0.1) is 11.3 Å². The van der Waals surface area contributed by atoms with Crippen LogP contribution >= 0.6 is 11.3 Å². The Labute approximate surface area is 85.2 Å². The van der Waals surface area contributed by atoms with E-state index in [4.69, 9.17) is 5.73 Å². The van der Waals surface area contributed by atoms with Gasteiger partial charge in [0.1, 0.15) is 5.82 Å². The van der Waals surface area contributed by atoms with Crippen molar-refractivity contribution in [1.82, 2.24) is 4.98 Å². The standard InChI is InChI=1S/C10H9FN2S/c11-9-4-2-1-3-7(9)5-8-6-14-10(12)13-8/h1-4,6H,5H2,(H2,12,13). The molecule has 2 nitrogen and oxygen atoms in total. The molecule has 0 aliphatic heterocycles. The molecule has 1 aromatic heterocycles. The van der Waals surface area contributed by atoms with Gasteiger partial charge in [0.25, 0.3) is 0 Å². The lowest BCUT2D eigenvalue weighted by molar-refractivity contribution is 0.613. The van der Waals surface area contributed by atoms with Crippen LogP contribution in [-0.2, 0) is 6.42 Å². The molecule has 14 heavy (non-hydrogen) atoms. The van der Waals surface area contributed by atoms with Gasteiger partial charge in [-0.3, -0.25) is 0 Å². The molecular formula is C10H9FN2S. The Morgan fingerprint density at radius 1 is 1.36 bits per heavy atom. The second-order valence-electron chi connectivity index (χ2n) is 2.95. The first-order valence-corrected chi connectivity index (χ1v) is 5.07. The first-order valence-electron chi connectivity index (χ1n) is 4.19. The van der Waals surface area contributed by atoms with Crippen LogP contribution in [-0.4, -0.2) is 4.98 Å². The molecule has 1 aromatic carbocycles. The number of nitrogen functional groups attached to an aromatic ring is 1. The Hall–Kier alpha value is -1.42. The Kier molecular flexibility index (Phi) is 2.45. The van der Waals surface area contributed by atoms with E-state index in [2.05, 4.69) is 4.98 Å². The molecular weight excluding hydrogens is 199 g/mol. The molecule has 2 rings (SSSR count). The van der Waals surface area contributed by atoms with E-state index in [9.17, 15) is 4.39 Å².